The standard InChI is InChI=1S/C21H26N3O2.Cu.H2O/c1-3-8-20-18(6-1)16-23-11-5-10-22-12-13-24-17-19-7-2-4-9-21(19)26-15-14-25-20;;/h1-4,6-9H,5,10-17H2;;1H2/q-3;+2;. The van der Waals surface area contributed by atoms with E-state index in [1.807, 2.05) is 36.4 Å². The number of para-hydroxylation sites is 2. The van der Waals surface area contributed by atoms with Crippen molar-refractivity contribution in [2.75, 3.05) is 39.4 Å². The molecule has 28 heavy (non-hydrogen) atoms. The molecule has 0 saturated heterocycles. The van der Waals surface area contributed by atoms with Crippen molar-refractivity contribution in [2.45, 2.75) is 19.5 Å². The van der Waals surface area contributed by atoms with Crippen LogP contribution in [0.3, 0.4) is 0 Å². The third kappa shape index (κ3) is 8.19. The van der Waals surface area contributed by atoms with E-state index >= 15 is 0 Å². The number of hydrogen-bond donors (Lipinski definition) is 0. The van der Waals surface area contributed by atoms with E-state index in [1.54, 1.807) is 0 Å². The van der Waals surface area contributed by atoms with Crippen molar-refractivity contribution in [1.29, 1.82) is 0 Å². The number of ether oxygens (including phenoxy) is 2. The molecular weight excluding hydrogens is 406 g/mol. The average molecular weight is 434 g/mol. The molecule has 7 heteroatoms. The third-order valence-corrected chi connectivity index (χ3v) is 4.16. The van der Waals surface area contributed by atoms with Gasteiger partial charge < -0.3 is 30.9 Å². The topological polar surface area (TPSA) is 92.3 Å². The number of nitrogens with zero attached hydrogens (tertiary/aromatic N) is 3. The molecule has 0 saturated carbocycles. The molecule has 0 fully saturated rings. The van der Waals surface area contributed by atoms with Crippen molar-refractivity contribution in [1.82, 2.24) is 0 Å². The van der Waals surface area contributed by atoms with Crippen LogP contribution in [0, 0.1) is 0 Å². The molecule has 1 aliphatic rings. The summed E-state index contributed by atoms with van der Waals surface area (Å²) < 4.78 is 11.8. The van der Waals surface area contributed by atoms with Crippen LogP contribution in [0.15, 0.2) is 48.5 Å². The second-order valence-corrected chi connectivity index (χ2v) is 6.15. The van der Waals surface area contributed by atoms with Gasteiger partial charge in [0.25, 0.3) is 0 Å². The van der Waals surface area contributed by atoms with Crippen molar-refractivity contribution < 1.29 is 32.0 Å². The minimum atomic E-state index is 0. The predicted octanol–water partition coefficient (Wildman–Crippen LogP) is 3.84. The van der Waals surface area contributed by atoms with E-state index in [2.05, 4.69) is 28.1 Å². The number of benzene rings is 2. The van der Waals surface area contributed by atoms with Crippen molar-refractivity contribution in [3.05, 3.63) is 75.6 Å². The Kier molecular flexibility index (Phi) is 12.6. The first-order valence-corrected chi connectivity index (χ1v) is 9.24. The minimum Gasteiger partial charge on any atom is -0.664 e. The fraction of sp³-hybridized carbons (Fsp3) is 0.429. The van der Waals surface area contributed by atoms with E-state index in [9.17, 15) is 0 Å². The summed E-state index contributed by atoms with van der Waals surface area (Å²) in [7, 11) is 0. The Morgan fingerprint density at radius 3 is 1.68 bits per heavy atom. The van der Waals surface area contributed by atoms with Crippen LogP contribution >= 0.6 is 0 Å². The second-order valence-electron chi connectivity index (χ2n) is 6.15. The van der Waals surface area contributed by atoms with Crippen LogP contribution in [0.25, 0.3) is 16.0 Å². The average Bonchev–Trinajstić information content (AvgIpc) is 2.68. The Labute approximate surface area is 178 Å². The Morgan fingerprint density at radius 2 is 1.07 bits per heavy atom. The molecule has 1 aliphatic heterocycles. The van der Waals surface area contributed by atoms with E-state index in [1.165, 1.54) is 0 Å². The molecule has 0 atom stereocenters. The molecule has 0 amide bonds. The molecule has 0 spiro atoms. The Hall–Kier alpha value is -1.60. The van der Waals surface area contributed by atoms with Crippen LogP contribution in [0.1, 0.15) is 17.5 Å². The number of rotatable bonds is 0. The summed E-state index contributed by atoms with van der Waals surface area (Å²) in [6.07, 6.45) is 0.986. The molecule has 0 bridgehead atoms. The van der Waals surface area contributed by atoms with Gasteiger partial charge in [-0.3, -0.25) is 0 Å². The molecule has 2 aromatic rings. The van der Waals surface area contributed by atoms with E-state index < -0.39 is 0 Å². The Morgan fingerprint density at radius 1 is 0.607 bits per heavy atom. The van der Waals surface area contributed by atoms with Gasteiger partial charge in [0.15, 0.2) is 0 Å². The molecule has 0 unspecified atom stereocenters. The van der Waals surface area contributed by atoms with E-state index in [0.717, 1.165) is 55.2 Å². The van der Waals surface area contributed by atoms with Gasteiger partial charge in [-0.15, -0.1) is 13.1 Å². The maximum Gasteiger partial charge on any atom is 2.00 e. The zero-order chi connectivity index (χ0) is 17.9. The molecule has 1 radical (unpaired) electrons. The van der Waals surface area contributed by atoms with Gasteiger partial charge in [-0.2, -0.15) is 26.2 Å². The molecule has 6 nitrogen and oxygen atoms in total. The monoisotopic (exact) mass is 433 g/mol. The smallest absolute Gasteiger partial charge is 0.664 e. The molecular formula is C21H28CuN3O3-. The van der Waals surface area contributed by atoms with Gasteiger partial charge in [-0.05, 0) is 23.3 Å². The van der Waals surface area contributed by atoms with Gasteiger partial charge in [-0.25, -0.2) is 0 Å². The van der Waals surface area contributed by atoms with E-state index in [-0.39, 0.29) is 22.5 Å². The van der Waals surface area contributed by atoms with Crippen molar-refractivity contribution >= 4 is 0 Å². The van der Waals surface area contributed by atoms with Crippen molar-refractivity contribution in [3.63, 3.8) is 0 Å². The molecule has 3 rings (SSSR count). The Balaban J connectivity index is 0.00000196. The fourth-order valence-electron chi connectivity index (χ4n) is 2.80. The largest absolute Gasteiger partial charge is 2.00 e. The fourth-order valence-corrected chi connectivity index (χ4v) is 2.80. The third-order valence-electron chi connectivity index (χ3n) is 4.16. The van der Waals surface area contributed by atoms with Crippen LogP contribution in [0.2, 0.25) is 0 Å². The second kappa shape index (κ2) is 14.4. The summed E-state index contributed by atoms with van der Waals surface area (Å²) in [5, 5.41) is 13.7. The van der Waals surface area contributed by atoms with Crippen LogP contribution in [0.4, 0.5) is 0 Å². The summed E-state index contributed by atoms with van der Waals surface area (Å²) in [5.74, 6) is 1.76. The first-order chi connectivity index (χ1) is 12.9. The van der Waals surface area contributed by atoms with Gasteiger partial charge >= 0.3 is 17.1 Å². The molecule has 2 N–H and O–H groups in total. The van der Waals surface area contributed by atoms with Gasteiger partial charge in [0, 0.05) is 0 Å². The summed E-state index contributed by atoms with van der Waals surface area (Å²) in [4.78, 5) is 0. The van der Waals surface area contributed by atoms with Crippen molar-refractivity contribution in [2.24, 2.45) is 0 Å². The zero-order valence-electron chi connectivity index (χ0n) is 15.9. The molecule has 157 valence electrons. The predicted molar refractivity (Wildman–Crippen MR) is 109 cm³/mol. The van der Waals surface area contributed by atoms with Gasteiger partial charge in [-0.1, -0.05) is 42.8 Å². The number of fused-ring (bicyclic) bond motifs is 2. The summed E-state index contributed by atoms with van der Waals surface area (Å²) >= 11 is 0. The zero-order valence-corrected chi connectivity index (χ0v) is 16.9. The summed E-state index contributed by atoms with van der Waals surface area (Å²) in [5.41, 5.74) is 2.22. The number of hydrogen-bond acceptors (Lipinski definition) is 2. The van der Waals surface area contributed by atoms with Crippen LogP contribution in [-0.2, 0) is 30.2 Å². The van der Waals surface area contributed by atoms with Crippen molar-refractivity contribution in [3.8, 4) is 11.5 Å². The molecule has 0 aliphatic carbocycles. The van der Waals surface area contributed by atoms with Gasteiger partial charge in [0.05, 0.1) is 0 Å². The normalized spacial score (nSPS) is 16.3. The van der Waals surface area contributed by atoms with Gasteiger partial charge in [0.1, 0.15) is 24.7 Å². The summed E-state index contributed by atoms with van der Waals surface area (Å²) in [6, 6.07) is 16.1. The van der Waals surface area contributed by atoms with E-state index in [4.69, 9.17) is 9.47 Å². The Bertz CT molecular complexity index is 615. The quantitative estimate of drug-likeness (QED) is 0.590. The first-order valence-electron chi connectivity index (χ1n) is 9.24. The molecule has 0 aromatic heterocycles. The van der Waals surface area contributed by atoms with Crippen LogP contribution in [-0.4, -0.2) is 44.9 Å². The van der Waals surface area contributed by atoms with Crippen LogP contribution < -0.4 is 9.47 Å². The molecule has 2 aromatic carbocycles. The van der Waals surface area contributed by atoms with E-state index in [0.29, 0.717) is 26.3 Å². The first kappa shape index (κ1) is 24.4. The SMILES string of the molecule is O.[Cu+2].c1ccc2c(c1)C[N-]CCC[N-]CC[N-]Cc1ccccc1OCCO2. The summed E-state index contributed by atoms with van der Waals surface area (Å²) in [6.45, 7) is 5.53. The van der Waals surface area contributed by atoms with Gasteiger partial charge in [0.2, 0.25) is 0 Å². The maximum absolute atomic E-state index is 5.92. The maximum atomic E-state index is 5.92. The minimum absolute atomic E-state index is 0. The molecule has 1 heterocycles. The van der Waals surface area contributed by atoms with Crippen LogP contribution in [0.5, 0.6) is 11.5 Å².